The van der Waals surface area contributed by atoms with Gasteiger partial charge < -0.3 is 10.4 Å². The van der Waals surface area contributed by atoms with Crippen molar-refractivity contribution in [2.24, 2.45) is 0 Å². The summed E-state index contributed by atoms with van der Waals surface area (Å²) in [5.41, 5.74) is 0.633. The monoisotopic (exact) mass is 245 g/mol. The lowest BCUT2D eigenvalue weighted by Crippen LogP contribution is -2.28. The van der Waals surface area contributed by atoms with E-state index in [4.69, 9.17) is 0 Å². The second-order valence-electron chi connectivity index (χ2n) is 3.92. The van der Waals surface area contributed by atoms with Crippen LogP contribution < -0.4 is 5.32 Å². The van der Waals surface area contributed by atoms with E-state index < -0.39 is 0 Å². The molecule has 0 aliphatic heterocycles. The van der Waals surface area contributed by atoms with E-state index >= 15 is 0 Å². The van der Waals surface area contributed by atoms with Crippen LogP contribution in [0.1, 0.15) is 5.56 Å². The van der Waals surface area contributed by atoms with Crippen molar-refractivity contribution in [3.63, 3.8) is 0 Å². The van der Waals surface area contributed by atoms with Gasteiger partial charge in [-0.3, -0.25) is 9.48 Å². The highest BCUT2D eigenvalue weighted by Crippen LogP contribution is 2.15. The van der Waals surface area contributed by atoms with E-state index in [0.717, 1.165) is 0 Å². The maximum Gasteiger partial charge on any atom is 0.224 e. The molecular weight excluding hydrogens is 230 g/mol. The number of phenols is 1. The number of nitrogens with one attached hydrogen (secondary N) is 1. The molecule has 5 nitrogen and oxygen atoms in total. The summed E-state index contributed by atoms with van der Waals surface area (Å²) in [4.78, 5) is 11.6. The number of carbonyl (C=O) groups excluding carboxylic acids is 1. The number of aromatic hydroxyl groups is 1. The number of phenolic OH excluding ortho intramolecular Hbond substituents is 1. The maximum absolute atomic E-state index is 11.6. The Balaban J connectivity index is 1.77. The lowest BCUT2D eigenvalue weighted by atomic mass is 10.1. The minimum absolute atomic E-state index is 0.108. The third kappa shape index (κ3) is 3.35. The summed E-state index contributed by atoms with van der Waals surface area (Å²) in [6.07, 6.45) is 3.73. The summed E-state index contributed by atoms with van der Waals surface area (Å²) < 4.78 is 1.75. The van der Waals surface area contributed by atoms with Gasteiger partial charge in [-0.25, -0.2) is 0 Å². The Morgan fingerprint density at radius 3 is 2.89 bits per heavy atom. The summed E-state index contributed by atoms with van der Waals surface area (Å²) in [7, 11) is 0. The van der Waals surface area contributed by atoms with E-state index in [1.165, 1.54) is 0 Å². The predicted octanol–water partition coefficient (Wildman–Crippen LogP) is 0.948. The van der Waals surface area contributed by atoms with E-state index in [2.05, 4.69) is 10.4 Å². The minimum atomic E-state index is -0.108. The number of carbonyl (C=O) groups is 1. The van der Waals surface area contributed by atoms with Crippen molar-refractivity contribution in [3.8, 4) is 5.75 Å². The van der Waals surface area contributed by atoms with Gasteiger partial charge in [-0.05, 0) is 12.1 Å². The smallest absolute Gasteiger partial charge is 0.224 e. The van der Waals surface area contributed by atoms with Crippen LogP contribution >= 0.6 is 0 Å². The highest BCUT2D eigenvalue weighted by atomic mass is 16.3. The first-order valence-corrected chi connectivity index (χ1v) is 5.77. The third-order valence-electron chi connectivity index (χ3n) is 2.56. The van der Waals surface area contributed by atoms with Gasteiger partial charge in [0.05, 0.1) is 13.0 Å². The molecule has 0 unspecified atom stereocenters. The zero-order chi connectivity index (χ0) is 12.8. The molecule has 0 aliphatic rings. The molecule has 2 N–H and O–H groups in total. The second-order valence-corrected chi connectivity index (χ2v) is 3.92. The third-order valence-corrected chi connectivity index (χ3v) is 2.56. The van der Waals surface area contributed by atoms with Gasteiger partial charge >= 0.3 is 0 Å². The highest BCUT2D eigenvalue weighted by molar-refractivity contribution is 5.79. The van der Waals surface area contributed by atoms with E-state index in [-0.39, 0.29) is 18.1 Å². The Hall–Kier alpha value is -2.30. The molecule has 2 aromatic rings. The lowest BCUT2D eigenvalue weighted by Gasteiger charge is -2.06. The SMILES string of the molecule is O=C(Cc1ccccc1O)NCCn1cccn1. The number of rotatable bonds is 5. The fourth-order valence-corrected chi connectivity index (χ4v) is 1.64. The number of amides is 1. The second kappa shape index (κ2) is 5.86. The fraction of sp³-hybridized carbons (Fsp3) is 0.231. The molecule has 18 heavy (non-hydrogen) atoms. The zero-order valence-electron chi connectivity index (χ0n) is 9.91. The summed E-state index contributed by atoms with van der Waals surface area (Å²) in [6.45, 7) is 1.16. The van der Waals surface area contributed by atoms with Gasteiger partial charge in [-0.15, -0.1) is 0 Å². The first kappa shape index (κ1) is 12.2. The Kier molecular flexibility index (Phi) is 3.96. The van der Waals surface area contributed by atoms with Crippen molar-refractivity contribution in [2.45, 2.75) is 13.0 Å². The lowest BCUT2D eigenvalue weighted by molar-refractivity contribution is -0.120. The van der Waals surface area contributed by atoms with Gasteiger partial charge in [0, 0.05) is 24.5 Å². The van der Waals surface area contributed by atoms with Crippen LogP contribution in [0.3, 0.4) is 0 Å². The van der Waals surface area contributed by atoms with Gasteiger partial charge in [0.1, 0.15) is 5.75 Å². The van der Waals surface area contributed by atoms with Gasteiger partial charge in [0.15, 0.2) is 0 Å². The van der Waals surface area contributed by atoms with E-state index in [1.54, 1.807) is 35.1 Å². The normalized spacial score (nSPS) is 10.2. The molecule has 2 rings (SSSR count). The first-order chi connectivity index (χ1) is 8.75. The zero-order valence-corrected chi connectivity index (χ0v) is 9.91. The van der Waals surface area contributed by atoms with Gasteiger partial charge in [-0.2, -0.15) is 5.10 Å². The highest BCUT2D eigenvalue weighted by Gasteiger charge is 2.06. The van der Waals surface area contributed by atoms with Crippen molar-refractivity contribution in [3.05, 3.63) is 48.3 Å². The molecule has 94 valence electrons. The number of para-hydroxylation sites is 1. The number of aromatic nitrogens is 2. The van der Waals surface area contributed by atoms with Crippen molar-refractivity contribution in [1.29, 1.82) is 0 Å². The molecule has 0 aliphatic carbocycles. The Bertz CT molecular complexity index is 509. The molecule has 0 spiro atoms. The molecule has 1 aromatic carbocycles. The number of benzene rings is 1. The molecule has 0 saturated heterocycles. The summed E-state index contributed by atoms with van der Waals surface area (Å²) in [5.74, 6) is 0.0448. The van der Waals surface area contributed by atoms with Crippen LogP contribution in [-0.4, -0.2) is 27.3 Å². The molecule has 0 bridgehead atoms. The van der Waals surface area contributed by atoms with Gasteiger partial charge in [0.2, 0.25) is 5.91 Å². The quantitative estimate of drug-likeness (QED) is 0.824. The molecule has 5 heteroatoms. The summed E-state index contributed by atoms with van der Waals surface area (Å²) in [6, 6.07) is 8.68. The Morgan fingerprint density at radius 2 is 2.17 bits per heavy atom. The van der Waals surface area contributed by atoms with Gasteiger partial charge in [0.25, 0.3) is 0 Å². The first-order valence-electron chi connectivity index (χ1n) is 5.77. The molecule has 0 saturated carbocycles. The van der Waals surface area contributed by atoms with Crippen LogP contribution in [-0.2, 0) is 17.8 Å². The number of nitrogens with zero attached hydrogens (tertiary/aromatic N) is 2. The molecule has 1 aromatic heterocycles. The predicted molar refractivity (Wildman–Crippen MR) is 67.0 cm³/mol. The van der Waals surface area contributed by atoms with Gasteiger partial charge in [-0.1, -0.05) is 18.2 Å². The van der Waals surface area contributed by atoms with Crippen LogP contribution in [0.25, 0.3) is 0 Å². The van der Waals surface area contributed by atoms with Crippen LogP contribution in [0.5, 0.6) is 5.75 Å². The fourth-order valence-electron chi connectivity index (χ4n) is 1.64. The number of hydrogen-bond donors (Lipinski definition) is 2. The Labute approximate surface area is 105 Å². The van der Waals surface area contributed by atoms with E-state index in [0.29, 0.717) is 18.7 Å². The largest absolute Gasteiger partial charge is 0.508 e. The minimum Gasteiger partial charge on any atom is -0.508 e. The van der Waals surface area contributed by atoms with Crippen molar-refractivity contribution >= 4 is 5.91 Å². The molecule has 0 radical (unpaired) electrons. The van der Waals surface area contributed by atoms with E-state index in [9.17, 15) is 9.90 Å². The standard InChI is InChI=1S/C13H15N3O2/c17-12-5-2-1-4-11(12)10-13(18)14-7-9-16-8-3-6-15-16/h1-6,8,17H,7,9-10H2,(H,14,18). The average molecular weight is 245 g/mol. The summed E-state index contributed by atoms with van der Waals surface area (Å²) in [5, 5.41) is 16.4. The maximum atomic E-state index is 11.6. The molecule has 0 atom stereocenters. The topological polar surface area (TPSA) is 67.2 Å². The number of hydrogen-bond acceptors (Lipinski definition) is 3. The molecule has 0 fully saturated rings. The van der Waals surface area contributed by atoms with Crippen molar-refractivity contribution in [2.75, 3.05) is 6.54 Å². The molecule has 1 amide bonds. The summed E-state index contributed by atoms with van der Waals surface area (Å²) >= 11 is 0. The average Bonchev–Trinajstić information content (AvgIpc) is 2.85. The van der Waals surface area contributed by atoms with Crippen LogP contribution in [0.15, 0.2) is 42.7 Å². The van der Waals surface area contributed by atoms with Crippen LogP contribution in [0.4, 0.5) is 0 Å². The van der Waals surface area contributed by atoms with E-state index in [1.807, 2.05) is 12.3 Å². The Morgan fingerprint density at radius 1 is 1.33 bits per heavy atom. The van der Waals surface area contributed by atoms with Crippen LogP contribution in [0, 0.1) is 0 Å². The van der Waals surface area contributed by atoms with Crippen molar-refractivity contribution in [1.82, 2.24) is 15.1 Å². The molecular formula is C13H15N3O2. The van der Waals surface area contributed by atoms with Crippen molar-refractivity contribution < 1.29 is 9.90 Å². The molecule has 1 heterocycles. The van der Waals surface area contributed by atoms with Crippen LogP contribution in [0.2, 0.25) is 0 Å².